The molecule has 7 heteroatoms. The molecule has 0 spiro atoms. The molecule has 2 N–H and O–H groups in total. The largest absolute Gasteiger partial charge is 0.330 e. The van der Waals surface area contributed by atoms with E-state index < -0.39 is 0 Å². The van der Waals surface area contributed by atoms with E-state index in [0.29, 0.717) is 12.6 Å². The predicted octanol–water partition coefficient (Wildman–Crippen LogP) is 3.20. The maximum absolute atomic E-state index is 5.70. The van der Waals surface area contributed by atoms with Crippen LogP contribution in [-0.2, 0) is 6.42 Å². The molecule has 1 aliphatic carbocycles. The fourth-order valence-corrected chi connectivity index (χ4v) is 4.27. The van der Waals surface area contributed by atoms with Gasteiger partial charge in [-0.05, 0) is 65.7 Å². The fourth-order valence-electron chi connectivity index (χ4n) is 2.71. The van der Waals surface area contributed by atoms with Gasteiger partial charge in [0, 0.05) is 9.37 Å². The molecule has 0 atom stereocenters. The highest BCUT2D eigenvalue weighted by Crippen LogP contribution is 2.35. The van der Waals surface area contributed by atoms with Gasteiger partial charge in [-0.1, -0.05) is 34.8 Å². The summed E-state index contributed by atoms with van der Waals surface area (Å²) in [4.78, 5) is 1.17. The van der Waals surface area contributed by atoms with Gasteiger partial charge < -0.3 is 5.73 Å². The molecule has 1 saturated carbocycles. The standard InChI is InChI=1S/C14H18BrN5S/c15-11-6-5-10(7-8-16)13(9-11)21-14-17-18-19-20(14)12-3-1-2-4-12/h5-6,9,12H,1-4,7-8,16H2. The number of hydrogen-bond acceptors (Lipinski definition) is 5. The molecule has 5 nitrogen and oxygen atoms in total. The van der Waals surface area contributed by atoms with Crippen LogP contribution in [0.3, 0.4) is 0 Å². The van der Waals surface area contributed by atoms with Crippen molar-refractivity contribution in [3.8, 4) is 0 Å². The third kappa shape index (κ3) is 3.46. The summed E-state index contributed by atoms with van der Waals surface area (Å²) in [7, 11) is 0. The van der Waals surface area contributed by atoms with E-state index in [1.54, 1.807) is 11.8 Å². The molecule has 0 unspecified atom stereocenters. The molecule has 2 aromatic rings. The smallest absolute Gasteiger partial charge is 0.214 e. The topological polar surface area (TPSA) is 69.6 Å². The van der Waals surface area contributed by atoms with E-state index in [-0.39, 0.29) is 0 Å². The SMILES string of the molecule is NCCc1ccc(Br)cc1Sc1nnnn1C1CCCC1. The van der Waals surface area contributed by atoms with Crippen molar-refractivity contribution in [2.24, 2.45) is 5.73 Å². The molecule has 112 valence electrons. The van der Waals surface area contributed by atoms with Crippen LogP contribution >= 0.6 is 27.7 Å². The Labute approximate surface area is 136 Å². The molecule has 1 aromatic heterocycles. The van der Waals surface area contributed by atoms with E-state index >= 15 is 0 Å². The summed E-state index contributed by atoms with van der Waals surface area (Å²) in [5.41, 5.74) is 6.95. The molecule has 0 amide bonds. The minimum absolute atomic E-state index is 0.451. The molecule has 21 heavy (non-hydrogen) atoms. The first-order valence-corrected chi connectivity index (χ1v) is 8.83. The van der Waals surface area contributed by atoms with Crippen molar-refractivity contribution < 1.29 is 0 Å². The molecule has 1 fully saturated rings. The molecule has 1 heterocycles. The first-order chi connectivity index (χ1) is 10.3. The Hall–Kier alpha value is -0.920. The summed E-state index contributed by atoms with van der Waals surface area (Å²) >= 11 is 5.16. The molecule has 0 saturated heterocycles. The Kier molecular flexibility index (Phi) is 4.92. The van der Waals surface area contributed by atoms with E-state index in [0.717, 1.165) is 16.0 Å². The molecule has 0 radical (unpaired) electrons. The zero-order valence-corrected chi connectivity index (χ0v) is 14.1. The highest BCUT2D eigenvalue weighted by atomic mass is 79.9. The van der Waals surface area contributed by atoms with Crippen LogP contribution in [0.25, 0.3) is 0 Å². The summed E-state index contributed by atoms with van der Waals surface area (Å²) in [6.07, 6.45) is 5.74. The first-order valence-electron chi connectivity index (χ1n) is 7.22. The van der Waals surface area contributed by atoms with E-state index in [4.69, 9.17) is 5.73 Å². The zero-order valence-electron chi connectivity index (χ0n) is 11.7. The normalized spacial score (nSPS) is 15.7. The van der Waals surface area contributed by atoms with Gasteiger partial charge in [0.25, 0.3) is 0 Å². The van der Waals surface area contributed by atoms with E-state index in [9.17, 15) is 0 Å². The predicted molar refractivity (Wildman–Crippen MR) is 86.3 cm³/mol. The van der Waals surface area contributed by atoms with Gasteiger partial charge in [0.05, 0.1) is 6.04 Å². The van der Waals surface area contributed by atoms with E-state index in [1.165, 1.54) is 36.1 Å². The third-order valence-electron chi connectivity index (χ3n) is 3.78. The van der Waals surface area contributed by atoms with Crippen LogP contribution in [0.15, 0.2) is 32.7 Å². The molecule has 3 rings (SSSR count). The Balaban J connectivity index is 1.86. The van der Waals surface area contributed by atoms with Crippen LogP contribution < -0.4 is 5.73 Å². The van der Waals surface area contributed by atoms with Crippen molar-refractivity contribution in [1.29, 1.82) is 0 Å². The van der Waals surface area contributed by atoms with Gasteiger partial charge in [0.1, 0.15) is 0 Å². The first kappa shape index (κ1) is 15.0. The van der Waals surface area contributed by atoms with Crippen molar-refractivity contribution in [2.75, 3.05) is 6.54 Å². The molecular formula is C14H18BrN5S. The number of benzene rings is 1. The average Bonchev–Trinajstić information content (AvgIpc) is 3.12. The molecular weight excluding hydrogens is 350 g/mol. The van der Waals surface area contributed by atoms with Crippen LogP contribution in [-0.4, -0.2) is 26.8 Å². The van der Waals surface area contributed by atoms with Gasteiger partial charge >= 0.3 is 0 Å². The van der Waals surface area contributed by atoms with Gasteiger partial charge in [-0.2, -0.15) is 0 Å². The maximum atomic E-state index is 5.70. The lowest BCUT2D eigenvalue weighted by molar-refractivity contribution is 0.423. The van der Waals surface area contributed by atoms with E-state index in [1.807, 2.05) is 4.68 Å². The van der Waals surface area contributed by atoms with Gasteiger partial charge in [-0.15, -0.1) is 5.10 Å². The van der Waals surface area contributed by atoms with Crippen molar-refractivity contribution in [3.63, 3.8) is 0 Å². The van der Waals surface area contributed by atoms with Crippen molar-refractivity contribution in [2.45, 2.75) is 48.2 Å². The third-order valence-corrected chi connectivity index (χ3v) is 5.32. The number of aromatic nitrogens is 4. The van der Waals surface area contributed by atoms with E-state index in [2.05, 4.69) is 49.7 Å². The number of halogens is 1. The Bertz CT molecular complexity index is 609. The minimum atomic E-state index is 0.451. The Morgan fingerprint density at radius 1 is 1.33 bits per heavy atom. The second-order valence-electron chi connectivity index (χ2n) is 5.24. The van der Waals surface area contributed by atoms with Gasteiger partial charge in [-0.3, -0.25) is 0 Å². The minimum Gasteiger partial charge on any atom is -0.330 e. The highest BCUT2D eigenvalue weighted by molar-refractivity contribution is 9.10. The fraction of sp³-hybridized carbons (Fsp3) is 0.500. The summed E-state index contributed by atoms with van der Waals surface area (Å²) in [6, 6.07) is 6.73. The van der Waals surface area contributed by atoms with Gasteiger partial charge in [0.15, 0.2) is 0 Å². The highest BCUT2D eigenvalue weighted by Gasteiger charge is 2.22. The molecule has 0 aliphatic heterocycles. The summed E-state index contributed by atoms with van der Waals surface area (Å²) in [6.45, 7) is 0.642. The van der Waals surface area contributed by atoms with Crippen LogP contribution in [0, 0.1) is 0 Å². The maximum Gasteiger partial charge on any atom is 0.214 e. The summed E-state index contributed by atoms with van der Waals surface area (Å²) < 4.78 is 3.05. The zero-order chi connectivity index (χ0) is 14.7. The molecule has 0 bridgehead atoms. The lowest BCUT2D eigenvalue weighted by Gasteiger charge is -2.12. The monoisotopic (exact) mass is 367 g/mol. The van der Waals surface area contributed by atoms with Crippen LogP contribution in [0.4, 0.5) is 0 Å². The number of rotatable bonds is 5. The van der Waals surface area contributed by atoms with Crippen molar-refractivity contribution >= 4 is 27.7 Å². The number of nitrogens with zero attached hydrogens (tertiary/aromatic N) is 4. The molecule has 1 aromatic carbocycles. The number of hydrogen-bond donors (Lipinski definition) is 1. The Morgan fingerprint density at radius 3 is 2.90 bits per heavy atom. The van der Waals surface area contributed by atoms with Gasteiger partial charge in [0.2, 0.25) is 5.16 Å². The summed E-state index contributed by atoms with van der Waals surface area (Å²) in [5.74, 6) is 0. The number of tetrazole rings is 1. The lowest BCUT2D eigenvalue weighted by atomic mass is 10.1. The second-order valence-corrected chi connectivity index (χ2v) is 7.16. The van der Waals surface area contributed by atoms with Crippen LogP contribution in [0.2, 0.25) is 0 Å². The number of nitrogens with two attached hydrogens (primary N) is 1. The lowest BCUT2D eigenvalue weighted by Crippen LogP contribution is -2.08. The average molecular weight is 368 g/mol. The van der Waals surface area contributed by atoms with Gasteiger partial charge in [-0.25, -0.2) is 4.68 Å². The Morgan fingerprint density at radius 2 is 2.14 bits per heavy atom. The quantitative estimate of drug-likeness (QED) is 0.878. The van der Waals surface area contributed by atoms with Crippen molar-refractivity contribution in [1.82, 2.24) is 20.2 Å². The second kappa shape index (κ2) is 6.89. The van der Waals surface area contributed by atoms with Crippen LogP contribution in [0.1, 0.15) is 37.3 Å². The van der Waals surface area contributed by atoms with Crippen molar-refractivity contribution in [3.05, 3.63) is 28.2 Å². The summed E-state index contributed by atoms with van der Waals surface area (Å²) in [5, 5.41) is 13.1. The molecule has 1 aliphatic rings. The van der Waals surface area contributed by atoms with Crippen LogP contribution in [0.5, 0.6) is 0 Å².